The molecule has 2 saturated heterocycles. The van der Waals surface area contributed by atoms with Crippen molar-refractivity contribution in [2.45, 2.75) is 102 Å². The third kappa shape index (κ3) is 7.77. The quantitative estimate of drug-likeness (QED) is 0.172. The van der Waals surface area contributed by atoms with Crippen molar-refractivity contribution in [1.82, 2.24) is 18.6 Å². The third-order valence-electron chi connectivity index (χ3n) is 12.4. The Labute approximate surface area is 364 Å². The highest BCUT2D eigenvalue weighted by atomic mass is 35.5. The summed E-state index contributed by atoms with van der Waals surface area (Å²) < 4.78 is 53.2. The molecule has 4 aliphatic rings. The van der Waals surface area contributed by atoms with Gasteiger partial charge in [-0.1, -0.05) is 23.2 Å². The van der Waals surface area contributed by atoms with Gasteiger partial charge in [0.05, 0.1) is 45.3 Å². The summed E-state index contributed by atoms with van der Waals surface area (Å²) in [6.45, 7) is 16.7. The van der Waals surface area contributed by atoms with Gasteiger partial charge in [-0.15, -0.1) is 0 Å². The molecule has 6 heterocycles. The summed E-state index contributed by atoms with van der Waals surface area (Å²) in [4.78, 5) is 38.6. The zero-order valence-corrected chi connectivity index (χ0v) is 38.3. The fraction of sp³-hybridized carbons (Fsp3) is 0.455. The van der Waals surface area contributed by atoms with Crippen molar-refractivity contribution in [2.75, 3.05) is 36.0 Å². The molecule has 16 heteroatoms. The molecule has 320 valence electrons. The first-order chi connectivity index (χ1) is 28.1. The maximum absolute atomic E-state index is 13.2. The van der Waals surface area contributed by atoms with E-state index in [1.54, 1.807) is 95.2 Å². The molecule has 2 aromatic heterocycles. The highest BCUT2D eigenvalue weighted by Gasteiger charge is 2.46. The van der Waals surface area contributed by atoms with Crippen LogP contribution in [0.3, 0.4) is 0 Å². The molecule has 2 aromatic carbocycles. The van der Waals surface area contributed by atoms with Gasteiger partial charge in [0, 0.05) is 71.6 Å². The summed E-state index contributed by atoms with van der Waals surface area (Å²) >= 11 is 12.4. The van der Waals surface area contributed by atoms with E-state index in [9.17, 15) is 26.4 Å². The SMILES string of the molecule is CC(C)S(=O)(=O)N1CCC(c2cncc(N3C(=O)c4ccc(Cl)cc4C3(C)C)c2)C1.CC(C)S(=O)(=O)N1CCC(c2cncc(N3C(=O)c4ccc(Cl)cc4C3(C)C)c2)C1. The summed E-state index contributed by atoms with van der Waals surface area (Å²) in [5, 5.41) is 0.324. The highest BCUT2D eigenvalue weighted by molar-refractivity contribution is 7.90. The van der Waals surface area contributed by atoms with Gasteiger partial charge in [-0.25, -0.2) is 25.4 Å². The molecular formula is C44H52Cl2N6O6S2. The highest BCUT2D eigenvalue weighted by Crippen LogP contribution is 2.45. The number of nitrogens with zero attached hydrogens (tertiary/aromatic N) is 6. The number of aromatic nitrogens is 2. The first-order valence-corrected chi connectivity index (χ1v) is 24.0. The Morgan fingerprint density at radius 2 is 0.967 bits per heavy atom. The standard InChI is InChI=1S/2C22H26ClN3O3S/c2*1-14(2)30(28,29)25-8-7-15(13-25)16-9-18(12-24-11-16)26-21(27)19-6-5-17(23)10-20(19)22(26,3)4/h2*5-6,9-12,14-15H,7-8,13H2,1-4H3. The summed E-state index contributed by atoms with van der Waals surface area (Å²) in [5.41, 5.74) is 5.24. The molecule has 0 bridgehead atoms. The third-order valence-corrected chi connectivity index (χ3v) is 17.4. The van der Waals surface area contributed by atoms with Crippen molar-refractivity contribution in [1.29, 1.82) is 0 Å². The minimum atomic E-state index is -3.28. The molecule has 4 aromatic rings. The molecule has 4 aliphatic heterocycles. The Bertz CT molecular complexity index is 2410. The van der Waals surface area contributed by atoms with Crippen LogP contribution in [0.4, 0.5) is 11.4 Å². The summed E-state index contributed by atoms with van der Waals surface area (Å²) in [6, 6.07) is 14.6. The number of fused-ring (bicyclic) bond motifs is 2. The predicted octanol–water partition coefficient (Wildman–Crippen LogP) is 8.32. The average Bonchev–Trinajstić information content (AvgIpc) is 3.97. The van der Waals surface area contributed by atoms with Gasteiger partial charge in [0.1, 0.15) is 0 Å². The summed E-state index contributed by atoms with van der Waals surface area (Å²) in [6.07, 6.45) is 8.41. The van der Waals surface area contributed by atoms with E-state index < -0.39 is 41.6 Å². The molecule has 2 fully saturated rings. The Hall–Kier alpha value is -3.92. The van der Waals surface area contributed by atoms with Gasteiger partial charge >= 0.3 is 0 Å². The van der Waals surface area contributed by atoms with Gasteiger partial charge in [-0.2, -0.15) is 0 Å². The normalized spacial score (nSPS) is 21.5. The van der Waals surface area contributed by atoms with E-state index in [-0.39, 0.29) is 23.7 Å². The second kappa shape index (κ2) is 16.1. The molecule has 0 radical (unpaired) electrons. The van der Waals surface area contributed by atoms with Crippen LogP contribution in [0.15, 0.2) is 73.3 Å². The van der Waals surface area contributed by atoms with Crippen LogP contribution in [0.1, 0.15) is 123 Å². The van der Waals surface area contributed by atoms with Crippen molar-refractivity contribution < 1.29 is 26.4 Å². The second-order valence-corrected chi connectivity index (χ2v) is 23.5. The largest absolute Gasteiger partial charge is 0.297 e. The van der Waals surface area contributed by atoms with E-state index in [0.29, 0.717) is 58.7 Å². The van der Waals surface area contributed by atoms with E-state index in [0.717, 1.165) is 35.1 Å². The lowest BCUT2D eigenvalue weighted by Crippen LogP contribution is -2.39. The molecule has 0 saturated carbocycles. The van der Waals surface area contributed by atoms with Gasteiger partial charge in [-0.05, 0) is 139 Å². The van der Waals surface area contributed by atoms with Gasteiger partial charge < -0.3 is 0 Å². The Morgan fingerprint density at radius 1 is 0.600 bits per heavy atom. The fourth-order valence-corrected chi connectivity index (χ4v) is 12.0. The Balaban J connectivity index is 0.000000181. The number of benzene rings is 2. The fourth-order valence-electron chi connectivity index (χ4n) is 8.93. The first kappa shape index (κ1) is 44.1. The zero-order valence-electron chi connectivity index (χ0n) is 35.2. The van der Waals surface area contributed by atoms with Gasteiger partial charge in [0.15, 0.2) is 0 Å². The first-order valence-electron chi connectivity index (χ1n) is 20.2. The van der Waals surface area contributed by atoms with E-state index >= 15 is 0 Å². The molecular weight excluding hydrogens is 844 g/mol. The number of amides is 2. The van der Waals surface area contributed by atoms with Crippen molar-refractivity contribution in [2.24, 2.45) is 0 Å². The Kier molecular flexibility index (Phi) is 11.8. The number of pyridine rings is 2. The lowest BCUT2D eigenvalue weighted by atomic mass is 9.93. The van der Waals surface area contributed by atoms with Gasteiger partial charge in [-0.3, -0.25) is 29.4 Å². The summed E-state index contributed by atoms with van der Waals surface area (Å²) in [5.74, 6) is -0.0469. The predicted molar refractivity (Wildman–Crippen MR) is 237 cm³/mol. The number of carbonyl (C=O) groups is 2. The molecule has 2 unspecified atom stereocenters. The van der Waals surface area contributed by atoms with Crippen molar-refractivity contribution in [3.63, 3.8) is 0 Å². The number of halogens is 2. The van der Waals surface area contributed by atoms with E-state index in [1.807, 2.05) is 52.0 Å². The van der Waals surface area contributed by atoms with Crippen LogP contribution in [0.2, 0.25) is 10.0 Å². The molecule has 0 N–H and O–H groups in total. The van der Waals surface area contributed by atoms with Crippen molar-refractivity contribution in [3.05, 3.63) is 117 Å². The van der Waals surface area contributed by atoms with Crippen LogP contribution in [0, 0.1) is 0 Å². The number of sulfonamides is 2. The van der Waals surface area contributed by atoms with E-state index in [2.05, 4.69) is 9.97 Å². The van der Waals surface area contributed by atoms with E-state index in [1.165, 1.54) is 0 Å². The maximum atomic E-state index is 13.2. The van der Waals surface area contributed by atoms with Crippen LogP contribution in [0.25, 0.3) is 0 Å². The topological polar surface area (TPSA) is 141 Å². The number of hydrogen-bond donors (Lipinski definition) is 0. The number of rotatable bonds is 8. The molecule has 0 spiro atoms. The molecule has 0 aliphatic carbocycles. The second-order valence-electron chi connectivity index (χ2n) is 17.6. The Morgan fingerprint density at radius 3 is 1.32 bits per heavy atom. The van der Waals surface area contributed by atoms with Crippen LogP contribution in [0.5, 0.6) is 0 Å². The number of hydrogen-bond acceptors (Lipinski definition) is 8. The van der Waals surface area contributed by atoms with Crippen LogP contribution >= 0.6 is 23.2 Å². The van der Waals surface area contributed by atoms with Crippen molar-refractivity contribution in [3.8, 4) is 0 Å². The summed E-state index contributed by atoms with van der Waals surface area (Å²) in [7, 11) is -6.55. The van der Waals surface area contributed by atoms with Gasteiger partial charge in [0.25, 0.3) is 11.8 Å². The van der Waals surface area contributed by atoms with Crippen molar-refractivity contribution >= 4 is 66.4 Å². The minimum Gasteiger partial charge on any atom is -0.297 e. The maximum Gasteiger partial charge on any atom is 0.259 e. The average molecular weight is 896 g/mol. The lowest BCUT2D eigenvalue weighted by Gasteiger charge is -2.32. The number of anilines is 2. The van der Waals surface area contributed by atoms with Crippen LogP contribution in [-0.4, -0.2) is 83.9 Å². The lowest BCUT2D eigenvalue weighted by molar-refractivity contribution is 0.0973. The van der Waals surface area contributed by atoms with Gasteiger partial charge in [0.2, 0.25) is 20.0 Å². The molecule has 2 amide bonds. The van der Waals surface area contributed by atoms with Crippen LogP contribution in [-0.2, 0) is 31.1 Å². The molecule has 60 heavy (non-hydrogen) atoms. The zero-order chi connectivity index (χ0) is 43.7. The smallest absolute Gasteiger partial charge is 0.259 e. The van der Waals surface area contributed by atoms with Crippen LogP contribution < -0.4 is 9.80 Å². The molecule has 8 rings (SSSR count). The monoisotopic (exact) mass is 894 g/mol. The minimum absolute atomic E-state index is 0.0589. The number of carbonyl (C=O) groups excluding carboxylic acids is 2. The molecule has 12 nitrogen and oxygen atoms in total. The molecule has 2 atom stereocenters. The van der Waals surface area contributed by atoms with E-state index in [4.69, 9.17) is 23.2 Å².